The molecule has 1 aliphatic heterocycles. The van der Waals surface area contributed by atoms with Crippen LogP contribution in [0.3, 0.4) is 0 Å². The van der Waals surface area contributed by atoms with E-state index in [1.54, 1.807) is 18.2 Å². The van der Waals surface area contributed by atoms with Gasteiger partial charge >= 0.3 is 11.9 Å². The van der Waals surface area contributed by atoms with Gasteiger partial charge in [0.25, 0.3) is 5.90 Å². The summed E-state index contributed by atoms with van der Waals surface area (Å²) in [5, 5.41) is 23.0. The van der Waals surface area contributed by atoms with Gasteiger partial charge in [-0.2, -0.15) is 0 Å². The number of oxime groups is 1. The minimum atomic E-state index is -3.88. The highest BCUT2D eigenvalue weighted by Crippen LogP contribution is 2.24. The van der Waals surface area contributed by atoms with Crippen LogP contribution in [0.2, 0.25) is 0 Å². The Labute approximate surface area is 171 Å². The number of hydroxylamine groups is 2. The van der Waals surface area contributed by atoms with Crippen LogP contribution >= 0.6 is 0 Å². The molecule has 0 saturated heterocycles. The number of carboxylic acids is 2. The molecule has 164 valence electrons. The van der Waals surface area contributed by atoms with E-state index in [1.165, 1.54) is 19.2 Å². The van der Waals surface area contributed by atoms with Crippen molar-refractivity contribution in [3.05, 3.63) is 30.3 Å². The molecule has 0 bridgehead atoms. The van der Waals surface area contributed by atoms with Gasteiger partial charge in [-0.25, -0.2) is 13.2 Å². The molecule has 2 atom stereocenters. The number of sulfone groups is 1. The van der Waals surface area contributed by atoms with E-state index >= 15 is 0 Å². The van der Waals surface area contributed by atoms with Crippen LogP contribution < -0.4 is 5.32 Å². The molecule has 0 saturated carbocycles. The maximum Gasteiger partial charge on any atom is 0.326 e. The number of nitrogens with one attached hydrogen (secondary N) is 1. The topological polar surface area (TPSA) is 172 Å². The summed E-state index contributed by atoms with van der Waals surface area (Å²) >= 11 is 0. The van der Waals surface area contributed by atoms with Gasteiger partial charge in [0.2, 0.25) is 21.1 Å². The largest absolute Gasteiger partial charge is 0.481 e. The molecule has 13 heteroatoms. The number of likely N-dealkylation sites (N-methyl/N-ethyl adjacent to an activating group) is 1. The van der Waals surface area contributed by atoms with Gasteiger partial charge in [0.1, 0.15) is 6.04 Å². The first kappa shape index (κ1) is 23.1. The summed E-state index contributed by atoms with van der Waals surface area (Å²) in [6.07, 6.45) is -0.813. The lowest BCUT2D eigenvalue weighted by Gasteiger charge is -2.18. The third-order valence-corrected chi connectivity index (χ3v) is 5.99. The van der Waals surface area contributed by atoms with Gasteiger partial charge in [0.05, 0.1) is 17.9 Å². The molecule has 1 aromatic carbocycles. The Balaban J connectivity index is 1.89. The number of rotatable bonds is 10. The molecule has 1 heterocycles. The minimum absolute atomic E-state index is 0.0566. The standard InChI is InChI=1S/C17H21N3O9S/c1-20-16(30(26,27)11-6-3-2-4-7-11)15(19-29-20)28-9-5-8-13(21)18-12(17(24)25)10-14(22)23/h2-4,6-7,12,16H,5,8-10H2,1H3,(H,18,21)(H,22,23)(H,24,25)/t12-,16?/m0/s1. The van der Waals surface area contributed by atoms with Crippen molar-refractivity contribution in [1.29, 1.82) is 0 Å². The number of carbonyl (C=O) groups excluding carboxylic acids is 1. The molecule has 0 radical (unpaired) electrons. The molecule has 0 aliphatic carbocycles. The smallest absolute Gasteiger partial charge is 0.326 e. The second-order valence-corrected chi connectivity index (χ2v) is 8.28. The summed E-state index contributed by atoms with van der Waals surface area (Å²) in [4.78, 5) is 38.4. The van der Waals surface area contributed by atoms with Crippen LogP contribution in [0.15, 0.2) is 40.4 Å². The molecule has 12 nitrogen and oxygen atoms in total. The fraction of sp³-hybridized carbons (Fsp3) is 0.412. The Morgan fingerprint density at radius 3 is 2.53 bits per heavy atom. The zero-order chi connectivity index (χ0) is 22.3. The molecule has 0 spiro atoms. The fourth-order valence-corrected chi connectivity index (χ4v) is 4.16. The first-order valence-electron chi connectivity index (χ1n) is 8.76. The molecule has 0 fully saturated rings. The van der Waals surface area contributed by atoms with Gasteiger partial charge in [0.15, 0.2) is 0 Å². The molecular formula is C17H21N3O9S. The Kier molecular flexibility index (Phi) is 7.72. The highest BCUT2D eigenvalue weighted by Gasteiger charge is 2.43. The average Bonchev–Trinajstić information content (AvgIpc) is 3.06. The van der Waals surface area contributed by atoms with Crippen LogP contribution in [-0.2, 0) is 33.9 Å². The maximum atomic E-state index is 12.8. The van der Waals surface area contributed by atoms with E-state index in [9.17, 15) is 22.8 Å². The van der Waals surface area contributed by atoms with Gasteiger partial charge in [0, 0.05) is 13.5 Å². The van der Waals surface area contributed by atoms with E-state index in [0.717, 1.165) is 5.06 Å². The lowest BCUT2D eigenvalue weighted by molar-refractivity contribution is -0.147. The highest BCUT2D eigenvalue weighted by atomic mass is 32.2. The molecular weight excluding hydrogens is 422 g/mol. The van der Waals surface area contributed by atoms with Crippen LogP contribution in [0.1, 0.15) is 19.3 Å². The second-order valence-electron chi connectivity index (χ2n) is 6.28. The van der Waals surface area contributed by atoms with Crippen molar-refractivity contribution in [3.8, 4) is 0 Å². The van der Waals surface area contributed by atoms with Crippen molar-refractivity contribution in [2.45, 2.75) is 35.6 Å². The number of amides is 1. The van der Waals surface area contributed by atoms with Gasteiger partial charge in [-0.3, -0.25) is 14.5 Å². The normalized spacial score (nSPS) is 17.5. The number of carboxylic acid groups (broad SMARTS) is 2. The maximum absolute atomic E-state index is 12.8. The highest BCUT2D eigenvalue weighted by molar-refractivity contribution is 7.92. The SMILES string of the molecule is CN1ON=C(OCCCC(=O)N[C@@H](CC(=O)O)C(=O)O)C1S(=O)(=O)c1ccccc1. The van der Waals surface area contributed by atoms with Gasteiger partial charge in [-0.1, -0.05) is 23.3 Å². The predicted molar refractivity (Wildman–Crippen MR) is 101 cm³/mol. The van der Waals surface area contributed by atoms with Crippen LogP contribution in [0, 0.1) is 0 Å². The lowest BCUT2D eigenvalue weighted by atomic mass is 10.2. The van der Waals surface area contributed by atoms with Crippen LogP contribution in [0.25, 0.3) is 0 Å². The zero-order valence-electron chi connectivity index (χ0n) is 15.9. The van der Waals surface area contributed by atoms with E-state index in [0.29, 0.717) is 0 Å². The first-order chi connectivity index (χ1) is 14.1. The van der Waals surface area contributed by atoms with Crippen molar-refractivity contribution in [2.75, 3.05) is 13.7 Å². The monoisotopic (exact) mass is 443 g/mol. The van der Waals surface area contributed by atoms with Crippen molar-refractivity contribution >= 4 is 33.6 Å². The van der Waals surface area contributed by atoms with Crippen molar-refractivity contribution in [2.24, 2.45) is 5.16 Å². The Morgan fingerprint density at radius 1 is 1.27 bits per heavy atom. The predicted octanol–water partition coefficient (Wildman–Crippen LogP) is -0.182. The Bertz CT molecular complexity index is 918. The molecule has 3 N–H and O–H groups in total. The molecule has 2 rings (SSSR count). The number of hydrogen-bond donors (Lipinski definition) is 3. The number of carbonyl (C=O) groups is 3. The van der Waals surface area contributed by atoms with E-state index in [1.807, 2.05) is 0 Å². The number of hydrogen-bond acceptors (Lipinski definition) is 9. The Hall–Kier alpha value is -3.19. The zero-order valence-corrected chi connectivity index (χ0v) is 16.7. The van der Waals surface area contributed by atoms with E-state index in [2.05, 4.69) is 10.5 Å². The van der Waals surface area contributed by atoms with Gasteiger partial charge in [-0.15, -0.1) is 0 Å². The van der Waals surface area contributed by atoms with E-state index in [-0.39, 0.29) is 30.2 Å². The quantitative estimate of drug-likeness (QED) is 0.412. The van der Waals surface area contributed by atoms with Crippen LogP contribution in [-0.4, -0.2) is 72.5 Å². The van der Waals surface area contributed by atoms with E-state index in [4.69, 9.17) is 19.9 Å². The molecule has 0 aromatic heterocycles. The molecule has 1 aromatic rings. The van der Waals surface area contributed by atoms with Gasteiger partial charge in [-0.05, 0) is 23.7 Å². The second kappa shape index (κ2) is 10.0. The average molecular weight is 443 g/mol. The van der Waals surface area contributed by atoms with E-state index < -0.39 is 45.5 Å². The third kappa shape index (κ3) is 5.90. The van der Waals surface area contributed by atoms with Gasteiger partial charge < -0.3 is 20.3 Å². The third-order valence-electron chi connectivity index (χ3n) is 3.98. The summed E-state index contributed by atoms with van der Waals surface area (Å²) in [5.74, 6) is -3.70. The first-order valence-corrected chi connectivity index (χ1v) is 10.3. The number of ether oxygens (including phenoxy) is 1. The number of aliphatic carboxylic acids is 2. The minimum Gasteiger partial charge on any atom is -0.481 e. The van der Waals surface area contributed by atoms with Crippen molar-refractivity contribution < 1.29 is 42.7 Å². The summed E-state index contributed by atoms with van der Waals surface area (Å²) < 4.78 is 31.0. The molecule has 1 aliphatic rings. The molecule has 30 heavy (non-hydrogen) atoms. The number of benzene rings is 1. The van der Waals surface area contributed by atoms with Crippen LogP contribution in [0.4, 0.5) is 0 Å². The summed E-state index contributed by atoms with van der Waals surface area (Å²) in [6.45, 7) is -0.0963. The molecule has 1 amide bonds. The van der Waals surface area contributed by atoms with Crippen molar-refractivity contribution in [1.82, 2.24) is 10.4 Å². The lowest BCUT2D eigenvalue weighted by Crippen LogP contribution is -2.42. The number of nitrogens with zero attached hydrogens (tertiary/aromatic N) is 2. The molecule has 1 unspecified atom stereocenters. The summed E-state index contributed by atoms with van der Waals surface area (Å²) in [7, 11) is -2.50. The van der Waals surface area contributed by atoms with Crippen LogP contribution in [0.5, 0.6) is 0 Å². The summed E-state index contributed by atoms with van der Waals surface area (Å²) in [6, 6.07) is 6.15. The summed E-state index contributed by atoms with van der Waals surface area (Å²) in [5.41, 5.74) is 0. The Morgan fingerprint density at radius 2 is 1.93 bits per heavy atom. The van der Waals surface area contributed by atoms with Crippen molar-refractivity contribution in [3.63, 3.8) is 0 Å². The fourth-order valence-electron chi connectivity index (χ4n) is 2.56.